The molecule has 0 saturated carbocycles. The molecule has 2 aromatic rings. The molecule has 1 unspecified atom stereocenters. The Kier molecular flexibility index (Phi) is 3.19. The molecule has 98 valence electrons. The van der Waals surface area contributed by atoms with E-state index in [0.29, 0.717) is 18.5 Å². The van der Waals surface area contributed by atoms with Gasteiger partial charge in [0.1, 0.15) is 11.7 Å². The van der Waals surface area contributed by atoms with Crippen molar-refractivity contribution < 1.29 is 9.59 Å². The molecule has 1 saturated heterocycles. The van der Waals surface area contributed by atoms with Gasteiger partial charge in [0.2, 0.25) is 5.91 Å². The van der Waals surface area contributed by atoms with Gasteiger partial charge in [0, 0.05) is 27.2 Å². The molecule has 1 fully saturated rings. The van der Waals surface area contributed by atoms with Gasteiger partial charge in [0.05, 0.1) is 6.20 Å². The van der Waals surface area contributed by atoms with Crippen molar-refractivity contribution in [3.63, 3.8) is 0 Å². The Morgan fingerprint density at radius 2 is 2.26 bits per heavy atom. The van der Waals surface area contributed by atoms with E-state index in [2.05, 4.69) is 31.6 Å². The number of rotatable bonds is 2. The minimum Gasteiger partial charge on any atom is -0.295 e. The number of carbonyl (C=O) groups is 2. The van der Waals surface area contributed by atoms with Crippen LogP contribution in [0.2, 0.25) is 0 Å². The van der Waals surface area contributed by atoms with Gasteiger partial charge in [-0.3, -0.25) is 14.9 Å². The van der Waals surface area contributed by atoms with Gasteiger partial charge in [0.15, 0.2) is 0 Å². The van der Waals surface area contributed by atoms with E-state index in [1.165, 1.54) is 4.68 Å². The molecule has 0 radical (unpaired) electrons. The minimum absolute atomic E-state index is 0.234. The Morgan fingerprint density at radius 1 is 1.42 bits per heavy atom. The molecular weight excluding hydrogens is 332 g/mol. The van der Waals surface area contributed by atoms with Crippen molar-refractivity contribution in [1.29, 1.82) is 0 Å². The Bertz CT molecular complexity index is 651. The average Bonchev–Trinajstić information content (AvgIpc) is 2.97. The second-order valence-electron chi connectivity index (χ2n) is 4.18. The van der Waals surface area contributed by atoms with E-state index in [0.717, 1.165) is 10.0 Å². The molecule has 2 aromatic heterocycles. The predicted octanol–water partition coefficient (Wildman–Crippen LogP) is 1.75. The van der Waals surface area contributed by atoms with Gasteiger partial charge in [0.25, 0.3) is 5.91 Å². The van der Waals surface area contributed by atoms with Crippen molar-refractivity contribution in [2.45, 2.75) is 18.9 Å². The minimum atomic E-state index is -0.462. The number of hydrogen-bond acceptors (Lipinski definition) is 5. The molecule has 3 rings (SSSR count). The first-order chi connectivity index (χ1) is 9.15. The molecule has 0 bridgehead atoms. The molecule has 1 aliphatic rings. The maximum atomic E-state index is 11.7. The Morgan fingerprint density at radius 3 is 2.95 bits per heavy atom. The summed E-state index contributed by atoms with van der Waals surface area (Å²) in [7, 11) is 0. The van der Waals surface area contributed by atoms with Gasteiger partial charge in [-0.2, -0.15) is 11.3 Å². The number of halogens is 1. The van der Waals surface area contributed by atoms with E-state index in [-0.39, 0.29) is 11.8 Å². The third-order valence-corrected chi connectivity index (χ3v) is 4.63. The number of nitrogens with one attached hydrogen (secondary N) is 1. The van der Waals surface area contributed by atoms with Crippen LogP contribution in [0.25, 0.3) is 11.3 Å². The number of imide groups is 1. The number of amides is 2. The number of aromatic nitrogens is 3. The number of hydrogen-bond donors (Lipinski definition) is 1. The fourth-order valence-corrected chi connectivity index (χ4v) is 3.44. The highest BCUT2D eigenvalue weighted by Crippen LogP contribution is 2.30. The smallest absolute Gasteiger partial charge is 0.251 e. The second-order valence-corrected chi connectivity index (χ2v) is 5.78. The van der Waals surface area contributed by atoms with E-state index >= 15 is 0 Å². The number of piperidine rings is 1. The maximum absolute atomic E-state index is 11.7. The van der Waals surface area contributed by atoms with E-state index in [9.17, 15) is 9.59 Å². The fraction of sp³-hybridized carbons (Fsp3) is 0.273. The first kappa shape index (κ1) is 12.5. The molecule has 1 N–H and O–H groups in total. The van der Waals surface area contributed by atoms with Gasteiger partial charge in [-0.25, -0.2) is 4.68 Å². The van der Waals surface area contributed by atoms with Crippen molar-refractivity contribution in [2.24, 2.45) is 0 Å². The van der Waals surface area contributed by atoms with Crippen molar-refractivity contribution in [3.8, 4) is 11.3 Å². The van der Waals surface area contributed by atoms with Gasteiger partial charge in [-0.1, -0.05) is 5.21 Å². The molecule has 8 heteroatoms. The van der Waals surface area contributed by atoms with Crippen LogP contribution in [0.1, 0.15) is 18.9 Å². The molecule has 2 amide bonds. The monoisotopic (exact) mass is 340 g/mol. The molecule has 19 heavy (non-hydrogen) atoms. The summed E-state index contributed by atoms with van der Waals surface area (Å²) >= 11 is 5.00. The highest BCUT2D eigenvalue weighted by molar-refractivity contribution is 9.10. The van der Waals surface area contributed by atoms with Gasteiger partial charge in [-0.15, -0.1) is 5.10 Å². The Balaban J connectivity index is 1.88. The average molecular weight is 341 g/mol. The summed E-state index contributed by atoms with van der Waals surface area (Å²) in [6.07, 6.45) is 2.51. The summed E-state index contributed by atoms with van der Waals surface area (Å²) in [5.74, 6) is -0.556. The lowest BCUT2D eigenvalue weighted by molar-refractivity contribution is -0.136. The number of thiophene rings is 1. The first-order valence-electron chi connectivity index (χ1n) is 5.63. The quantitative estimate of drug-likeness (QED) is 0.845. The van der Waals surface area contributed by atoms with E-state index in [4.69, 9.17) is 0 Å². The van der Waals surface area contributed by atoms with Crippen LogP contribution >= 0.6 is 27.3 Å². The summed E-state index contributed by atoms with van der Waals surface area (Å²) in [6.45, 7) is 0. The molecule has 1 atom stereocenters. The summed E-state index contributed by atoms with van der Waals surface area (Å²) in [4.78, 5) is 22.8. The lowest BCUT2D eigenvalue weighted by Crippen LogP contribution is -2.41. The van der Waals surface area contributed by atoms with E-state index < -0.39 is 6.04 Å². The second kappa shape index (κ2) is 4.86. The lowest BCUT2D eigenvalue weighted by Gasteiger charge is -2.20. The topological polar surface area (TPSA) is 76.9 Å². The zero-order valence-electron chi connectivity index (χ0n) is 9.67. The van der Waals surface area contributed by atoms with E-state index in [1.54, 1.807) is 17.5 Å². The number of carbonyl (C=O) groups excluding carboxylic acids is 2. The predicted molar refractivity (Wildman–Crippen MR) is 72.5 cm³/mol. The molecule has 0 aliphatic carbocycles. The third kappa shape index (κ3) is 2.33. The third-order valence-electron chi connectivity index (χ3n) is 2.93. The summed E-state index contributed by atoms with van der Waals surface area (Å²) in [5, 5.41) is 14.3. The van der Waals surface area contributed by atoms with Crippen molar-refractivity contribution in [2.75, 3.05) is 0 Å². The normalized spacial score (nSPS) is 19.5. The van der Waals surface area contributed by atoms with Crippen LogP contribution in [0, 0.1) is 0 Å². The molecule has 0 aromatic carbocycles. The lowest BCUT2D eigenvalue weighted by atomic mass is 10.1. The van der Waals surface area contributed by atoms with Crippen LogP contribution in [0.15, 0.2) is 21.4 Å². The first-order valence-corrected chi connectivity index (χ1v) is 7.36. The largest absolute Gasteiger partial charge is 0.295 e. The standard InChI is InChI=1S/C11H9BrN4O2S/c12-7-5-19-4-6(7)8-3-16(15-14-8)9-1-2-10(17)13-11(9)18/h3-5,9H,1-2H2,(H,13,17,18). The zero-order valence-corrected chi connectivity index (χ0v) is 12.1. The molecule has 1 aliphatic heterocycles. The zero-order chi connectivity index (χ0) is 13.4. The summed E-state index contributed by atoms with van der Waals surface area (Å²) in [5.41, 5.74) is 1.65. The van der Waals surface area contributed by atoms with Crippen molar-refractivity contribution >= 4 is 39.1 Å². The van der Waals surface area contributed by atoms with Crippen molar-refractivity contribution in [3.05, 3.63) is 21.4 Å². The van der Waals surface area contributed by atoms with Gasteiger partial charge < -0.3 is 0 Å². The van der Waals surface area contributed by atoms with Crippen LogP contribution in [0.5, 0.6) is 0 Å². The Labute approximate surface area is 120 Å². The molecule has 3 heterocycles. The van der Waals surface area contributed by atoms with Crippen LogP contribution in [0.3, 0.4) is 0 Å². The van der Waals surface area contributed by atoms with Crippen LogP contribution in [0.4, 0.5) is 0 Å². The van der Waals surface area contributed by atoms with Crippen LogP contribution in [-0.2, 0) is 9.59 Å². The van der Waals surface area contributed by atoms with Crippen LogP contribution in [-0.4, -0.2) is 26.8 Å². The van der Waals surface area contributed by atoms with Gasteiger partial charge >= 0.3 is 0 Å². The maximum Gasteiger partial charge on any atom is 0.251 e. The fourth-order valence-electron chi connectivity index (χ4n) is 1.95. The SMILES string of the molecule is O=C1CCC(n2cc(-c3cscc3Br)nn2)C(=O)N1. The Hall–Kier alpha value is -1.54. The molecular formula is C11H9BrN4O2S. The summed E-state index contributed by atoms with van der Waals surface area (Å²) < 4.78 is 2.47. The van der Waals surface area contributed by atoms with Gasteiger partial charge in [-0.05, 0) is 22.4 Å². The van der Waals surface area contributed by atoms with Crippen molar-refractivity contribution in [1.82, 2.24) is 20.3 Å². The summed E-state index contributed by atoms with van der Waals surface area (Å²) in [6, 6.07) is -0.462. The molecule has 6 nitrogen and oxygen atoms in total. The van der Waals surface area contributed by atoms with Crippen LogP contribution < -0.4 is 5.32 Å². The highest BCUT2D eigenvalue weighted by atomic mass is 79.9. The molecule has 0 spiro atoms. The highest BCUT2D eigenvalue weighted by Gasteiger charge is 2.29. The van der Waals surface area contributed by atoms with E-state index in [1.807, 2.05) is 10.8 Å². The number of nitrogens with zero attached hydrogens (tertiary/aromatic N) is 3.